The van der Waals surface area contributed by atoms with E-state index in [4.69, 9.17) is 0 Å². The zero-order valence-corrected chi connectivity index (χ0v) is 9.84. The van der Waals surface area contributed by atoms with Crippen molar-refractivity contribution in [3.05, 3.63) is 65.7 Å². The summed E-state index contributed by atoms with van der Waals surface area (Å²) in [4.78, 5) is 12.7. The van der Waals surface area contributed by atoms with E-state index in [0.29, 0.717) is 5.56 Å². The van der Waals surface area contributed by atoms with E-state index in [-0.39, 0.29) is 0 Å². The number of carbonyl (C=O) groups excluding carboxylic acids is 1. The summed E-state index contributed by atoms with van der Waals surface area (Å²) in [6.07, 6.45) is 0.862. The van der Waals surface area contributed by atoms with Gasteiger partial charge in [-0.25, -0.2) is 0 Å². The Balaban J connectivity index is 2.09. The van der Waals surface area contributed by atoms with Crippen molar-refractivity contribution in [3.63, 3.8) is 0 Å². The summed E-state index contributed by atoms with van der Waals surface area (Å²) in [5.74, 6) is 0. The second-order valence-corrected chi connectivity index (χ2v) is 4.05. The Hall–Kier alpha value is -2.09. The highest BCUT2D eigenvalue weighted by Crippen LogP contribution is 2.15. The molecule has 86 valence electrons. The Morgan fingerprint density at radius 3 is 2.24 bits per heavy atom. The average Bonchev–Trinajstić information content (AvgIpc) is 2.40. The van der Waals surface area contributed by atoms with Crippen molar-refractivity contribution in [1.29, 1.82) is 0 Å². The molecule has 0 aliphatic carbocycles. The largest absolute Gasteiger partial charge is 0.370 e. The highest BCUT2D eigenvalue weighted by atomic mass is 16.1. The van der Waals surface area contributed by atoms with Gasteiger partial charge in [0, 0.05) is 24.8 Å². The first-order chi connectivity index (χ1) is 8.29. The molecule has 0 amide bonds. The van der Waals surface area contributed by atoms with Crippen LogP contribution in [0.4, 0.5) is 5.69 Å². The van der Waals surface area contributed by atoms with E-state index in [0.717, 1.165) is 18.5 Å². The number of nitrogens with zero attached hydrogens (tertiary/aromatic N) is 1. The Labute approximate surface area is 102 Å². The SMILES string of the molecule is CN(Cc1ccccc1)c1ccc(C=O)cc1. The molecule has 0 fully saturated rings. The van der Waals surface area contributed by atoms with Crippen LogP contribution in [0.2, 0.25) is 0 Å². The van der Waals surface area contributed by atoms with Crippen LogP contribution in [0.15, 0.2) is 54.6 Å². The predicted molar refractivity (Wildman–Crippen MR) is 70.4 cm³/mol. The van der Waals surface area contributed by atoms with Gasteiger partial charge in [0.05, 0.1) is 0 Å². The number of carbonyl (C=O) groups is 1. The first-order valence-electron chi connectivity index (χ1n) is 5.60. The molecule has 0 radical (unpaired) electrons. The minimum Gasteiger partial charge on any atom is -0.370 e. The number of benzene rings is 2. The van der Waals surface area contributed by atoms with Crippen molar-refractivity contribution in [2.45, 2.75) is 6.54 Å². The third-order valence-electron chi connectivity index (χ3n) is 2.73. The first kappa shape index (κ1) is 11.4. The van der Waals surface area contributed by atoms with Gasteiger partial charge in [-0.15, -0.1) is 0 Å². The van der Waals surface area contributed by atoms with Crippen LogP contribution in [-0.4, -0.2) is 13.3 Å². The fourth-order valence-electron chi connectivity index (χ4n) is 1.76. The lowest BCUT2D eigenvalue weighted by Gasteiger charge is -2.19. The van der Waals surface area contributed by atoms with Gasteiger partial charge in [-0.2, -0.15) is 0 Å². The van der Waals surface area contributed by atoms with E-state index >= 15 is 0 Å². The maximum absolute atomic E-state index is 10.6. The minimum absolute atomic E-state index is 0.710. The number of hydrogen-bond acceptors (Lipinski definition) is 2. The van der Waals surface area contributed by atoms with Gasteiger partial charge in [0.25, 0.3) is 0 Å². The van der Waals surface area contributed by atoms with Gasteiger partial charge in [-0.05, 0) is 29.8 Å². The van der Waals surface area contributed by atoms with Crippen LogP contribution in [0.5, 0.6) is 0 Å². The highest BCUT2D eigenvalue weighted by Gasteiger charge is 2.01. The van der Waals surface area contributed by atoms with Gasteiger partial charge >= 0.3 is 0 Å². The molecular weight excluding hydrogens is 210 g/mol. The van der Waals surface area contributed by atoms with Crippen LogP contribution >= 0.6 is 0 Å². The lowest BCUT2D eigenvalue weighted by Crippen LogP contribution is -2.16. The molecule has 0 bridgehead atoms. The van der Waals surface area contributed by atoms with Crippen LogP contribution in [-0.2, 0) is 6.54 Å². The lowest BCUT2D eigenvalue weighted by molar-refractivity contribution is 0.112. The smallest absolute Gasteiger partial charge is 0.150 e. The van der Waals surface area contributed by atoms with E-state index in [1.165, 1.54) is 5.56 Å². The topological polar surface area (TPSA) is 20.3 Å². The van der Waals surface area contributed by atoms with Gasteiger partial charge in [0.15, 0.2) is 0 Å². The Morgan fingerprint density at radius 2 is 1.65 bits per heavy atom. The molecular formula is C15H15NO. The van der Waals surface area contributed by atoms with Crippen LogP contribution < -0.4 is 4.90 Å². The molecule has 2 aromatic carbocycles. The zero-order chi connectivity index (χ0) is 12.1. The van der Waals surface area contributed by atoms with Crippen molar-refractivity contribution < 1.29 is 4.79 Å². The van der Waals surface area contributed by atoms with Crippen LogP contribution in [0.3, 0.4) is 0 Å². The predicted octanol–water partition coefficient (Wildman–Crippen LogP) is 3.14. The molecule has 2 nitrogen and oxygen atoms in total. The summed E-state index contributed by atoms with van der Waals surface area (Å²) < 4.78 is 0. The van der Waals surface area contributed by atoms with Crippen molar-refractivity contribution in [2.24, 2.45) is 0 Å². The summed E-state index contributed by atoms with van der Waals surface area (Å²) in [5, 5.41) is 0. The molecule has 0 N–H and O–H groups in total. The molecule has 0 unspecified atom stereocenters. The van der Waals surface area contributed by atoms with Gasteiger partial charge in [-0.1, -0.05) is 30.3 Å². The Morgan fingerprint density at radius 1 is 1.00 bits per heavy atom. The molecule has 0 aliphatic rings. The minimum atomic E-state index is 0.710. The van der Waals surface area contributed by atoms with Crippen molar-refractivity contribution >= 4 is 12.0 Å². The van der Waals surface area contributed by atoms with Gasteiger partial charge < -0.3 is 4.90 Å². The van der Waals surface area contributed by atoms with Crippen molar-refractivity contribution in [1.82, 2.24) is 0 Å². The zero-order valence-electron chi connectivity index (χ0n) is 9.84. The Kier molecular flexibility index (Phi) is 3.55. The second-order valence-electron chi connectivity index (χ2n) is 4.05. The molecule has 0 spiro atoms. The number of rotatable bonds is 4. The molecule has 2 heteroatoms. The van der Waals surface area contributed by atoms with E-state index in [1.54, 1.807) is 0 Å². The van der Waals surface area contributed by atoms with Gasteiger partial charge in [-0.3, -0.25) is 4.79 Å². The van der Waals surface area contributed by atoms with Crippen LogP contribution in [0.1, 0.15) is 15.9 Å². The summed E-state index contributed by atoms with van der Waals surface area (Å²) in [6.45, 7) is 0.862. The maximum Gasteiger partial charge on any atom is 0.150 e. The lowest BCUT2D eigenvalue weighted by atomic mass is 10.2. The standard InChI is InChI=1S/C15H15NO/c1-16(11-13-5-3-2-4-6-13)15-9-7-14(12-17)8-10-15/h2-10,12H,11H2,1H3. The summed E-state index contributed by atoms with van der Waals surface area (Å²) in [5.41, 5.74) is 3.09. The summed E-state index contributed by atoms with van der Waals surface area (Å²) >= 11 is 0. The quantitative estimate of drug-likeness (QED) is 0.745. The summed E-state index contributed by atoms with van der Waals surface area (Å²) in [7, 11) is 2.04. The van der Waals surface area contributed by atoms with Crippen molar-refractivity contribution in [2.75, 3.05) is 11.9 Å². The first-order valence-corrected chi connectivity index (χ1v) is 5.60. The molecule has 0 atom stereocenters. The van der Waals surface area contributed by atoms with Crippen LogP contribution in [0, 0.1) is 0 Å². The van der Waals surface area contributed by atoms with E-state index < -0.39 is 0 Å². The fourth-order valence-corrected chi connectivity index (χ4v) is 1.76. The highest BCUT2D eigenvalue weighted by molar-refractivity contribution is 5.75. The second kappa shape index (κ2) is 5.30. The molecule has 2 aromatic rings. The molecule has 0 heterocycles. The molecule has 17 heavy (non-hydrogen) atoms. The number of aldehydes is 1. The van der Waals surface area contributed by atoms with Gasteiger partial charge in [0.2, 0.25) is 0 Å². The summed E-state index contributed by atoms with van der Waals surface area (Å²) in [6, 6.07) is 17.9. The third kappa shape index (κ3) is 2.94. The molecule has 0 saturated carbocycles. The van der Waals surface area contributed by atoms with E-state index in [2.05, 4.69) is 17.0 Å². The molecule has 0 aliphatic heterocycles. The monoisotopic (exact) mass is 225 g/mol. The molecule has 0 saturated heterocycles. The van der Waals surface area contributed by atoms with Crippen molar-refractivity contribution in [3.8, 4) is 0 Å². The third-order valence-corrected chi connectivity index (χ3v) is 2.73. The fraction of sp³-hybridized carbons (Fsp3) is 0.133. The van der Waals surface area contributed by atoms with E-state index in [1.807, 2.05) is 49.5 Å². The number of anilines is 1. The van der Waals surface area contributed by atoms with Gasteiger partial charge in [0.1, 0.15) is 6.29 Å². The molecule has 0 aromatic heterocycles. The normalized spacial score (nSPS) is 9.94. The van der Waals surface area contributed by atoms with E-state index in [9.17, 15) is 4.79 Å². The average molecular weight is 225 g/mol. The maximum atomic E-state index is 10.6. The molecule has 2 rings (SSSR count). The van der Waals surface area contributed by atoms with Crippen LogP contribution in [0.25, 0.3) is 0 Å². The number of hydrogen-bond donors (Lipinski definition) is 0. The Bertz CT molecular complexity index is 476.